The molecule has 1 fully saturated rings. The summed E-state index contributed by atoms with van der Waals surface area (Å²) in [5, 5.41) is 2.71. The van der Waals surface area contributed by atoms with Crippen molar-refractivity contribution in [3.63, 3.8) is 0 Å². The number of hydrogen-bond donors (Lipinski definition) is 1. The molecule has 11 heteroatoms. The van der Waals surface area contributed by atoms with Crippen molar-refractivity contribution in [2.75, 3.05) is 46.2 Å². The van der Waals surface area contributed by atoms with Gasteiger partial charge in [-0.3, -0.25) is 19.1 Å². The van der Waals surface area contributed by atoms with Crippen LogP contribution in [0.2, 0.25) is 0 Å². The fourth-order valence-electron chi connectivity index (χ4n) is 4.61. The van der Waals surface area contributed by atoms with Gasteiger partial charge >= 0.3 is 0 Å². The van der Waals surface area contributed by atoms with Crippen molar-refractivity contribution >= 4 is 26.6 Å². The molecule has 1 aliphatic rings. The first kappa shape index (κ1) is 27.9. The zero-order valence-corrected chi connectivity index (χ0v) is 22.7. The van der Waals surface area contributed by atoms with Crippen LogP contribution in [0.1, 0.15) is 18.9 Å². The van der Waals surface area contributed by atoms with E-state index in [1.165, 1.54) is 24.9 Å². The van der Waals surface area contributed by atoms with E-state index < -0.39 is 20.5 Å². The van der Waals surface area contributed by atoms with Gasteiger partial charge in [0.25, 0.3) is 5.56 Å². The molecule has 0 radical (unpaired) electrons. The number of morpholine rings is 1. The summed E-state index contributed by atoms with van der Waals surface area (Å²) in [5.74, 6) is -0.980. The monoisotopic (exact) mass is 544 g/mol. The Morgan fingerprint density at radius 3 is 2.55 bits per heavy atom. The number of nitrogens with zero attached hydrogens (tertiary/aromatic N) is 3. The zero-order chi connectivity index (χ0) is 27.5. The van der Waals surface area contributed by atoms with Crippen LogP contribution in [-0.4, -0.2) is 79.7 Å². The highest BCUT2D eigenvalue weighted by Crippen LogP contribution is 2.27. The lowest BCUT2D eigenvalue weighted by Gasteiger charge is -2.26. The average Bonchev–Trinajstić information content (AvgIpc) is 2.90. The van der Waals surface area contributed by atoms with Crippen LogP contribution < -0.4 is 10.9 Å². The van der Waals surface area contributed by atoms with Crippen molar-refractivity contribution in [3.05, 3.63) is 64.5 Å². The van der Waals surface area contributed by atoms with E-state index in [2.05, 4.69) is 15.2 Å². The van der Waals surface area contributed by atoms with Gasteiger partial charge in [0.05, 0.1) is 30.4 Å². The minimum atomic E-state index is -3.75. The molecule has 0 aliphatic carbocycles. The van der Waals surface area contributed by atoms with Gasteiger partial charge < -0.3 is 10.1 Å². The van der Waals surface area contributed by atoms with E-state index in [1.54, 1.807) is 30.3 Å². The van der Waals surface area contributed by atoms with Crippen molar-refractivity contribution in [3.8, 4) is 11.1 Å². The topological polar surface area (TPSA) is 111 Å². The van der Waals surface area contributed by atoms with Crippen LogP contribution in [0.5, 0.6) is 0 Å². The highest BCUT2D eigenvalue weighted by atomic mass is 32.2. The first-order valence-electron chi connectivity index (χ1n) is 12.5. The molecule has 204 valence electrons. The van der Waals surface area contributed by atoms with Crippen LogP contribution in [0.25, 0.3) is 22.0 Å². The normalized spacial score (nSPS) is 16.3. The maximum absolute atomic E-state index is 15.0. The van der Waals surface area contributed by atoms with Gasteiger partial charge in [0.1, 0.15) is 10.6 Å². The van der Waals surface area contributed by atoms with Crippen molar-refractivity contribution < 1.29 is 22.3 Å². The molecule has 0 bridgehead atoms. The van der Waals surface area contributed by atoms with Gasteiger partial charge in [0.2, 0.25) is 5.91 Å². The molecular formula is C27H33FN4O5S. The van der Waals surface area contributed by atoms with E-state index in [0.717, 1.165) is 51.1 Å². The summed E-state index contributed by atoms with van der Waals surface area (Å²) in [5.41, 5.74) is 1.97. The number of carbonyl (C=O) groups excluding carboxylic acids is 1. The van der Waals surface area contributed by atoms with Gasteiger partial charge in [0, 0.05) is 45.0 Å². The summed E-state index contributed by atoms with van der Waals surface area (Å²) >= 11 is 0. The number of hydrogen-bond acceptors (Lipinski definition) is 7. The van der Waals surface area contributed by atoms with Gasteiger partial charge in [-0.05, 0) is 49.1 Å². The molecular weight excluding hydrogens is 511 g/mol. The molecule has 0 saturated carbocycles. The number of fused-ring (bicyclic) bond motifs is 1. The Morgan fingerprint density at radius 2 is 1.89 bits per heavy atom. The number of carbonyl (C=O) groups is 1. The molecule has 3 aromatic rings. The average molecular weight is 545 g/mol. The summed E-state index contributed by atoms with van der Waals surface area (Å²) in [6.07, 6.45) is 2.97. The van der Waals surface area contributed by atoms with Crippen LogP contribution in [-0.2, 0) is 32.3 Å². The van der Waals surface area contributed by atoms with Gasteiger partial charge in [-0.15, -0.1) is 0 Å². The van der Waals surface area contributed by atoms with E-state index in [9.17, 15) is 18.0 Å². The van der Waals surface area contributed by atoms with Crippen molar-refractivity contribution in [2.24, 2.45) is 0 Å². The highest BCUT2D eigenvalue weighted by molar-refractivity contribution is 7.92. The standard InChI is InChI=1S/C27H33FN4O5S/c1-27(26(34)29-2,38(3,35)36)9-11-32-18-30-24-17-20(5-7-22(24)25(32)33)21-6-4-19(16-23(21)28)8-10-31-12-14-37-15-13-31/h4-7,16-18H,8-15H2,1-3H3,(H,29,34)/t27-/m1/s1. The largest absolute Gasteiger partial charge is 0.379 e. The molecule has 1 aliphatic heterocycles. The molecule has 1 N–H and O–H groups in total. The van der Waals surface area contributed by atoms with E-state index in [4.69, 9.17) is 4.74 Å². The van der Waals surface area contributed by atoms with Gasteiger partial charge in [-0.2, -0.15) is 0 Å². The number of ether oxygens (including phenoxy) is 1. The first-order valence-corrected chi connectivity index (χ1v) is 14.4. The summed E-state index contributed by atoms with van der Waals surface area (Å²) in [4.78, 5) is 32.0. The zero-order valence-electron chi connectivity index (χ0n) is 21.9. The second-order valence-corrected chi connectivity index (χ2v) is 12.3. The van der Waals surface area contributed by atoms with Gasteiger partial charge in [0.15, 0.2) is 9.84 Å². The Hall–Kier alpha value is -3.15. The molecule has 38 heavy (non-hydrogen) atoms. The number of aryl methyl sites for hydroxylation is 1. The smallest absolute Gasteiger partial charge is 0.261 e. The summed E-state index contributed by atoms with van der Waals surface area (Å²) in [7, 11) is -2.38. The fraction of sp³-hybridized carbons (Fsp3) is 0.444. The molecule has 2 aromatic carbocycles. The predicted molar refractivity (Wildman–Crippen MR) is 144 cm³/mol. The molecule has 0 unspecified atom stereocenters. The number of nitrogens with one attached hydrogen (secondary N) is 1. The van der Waals surface area contributed by atoms with Crippen LogP contribution in [0, 0.1) is 5.82 Å². The maximum atomic E-state index is 15.0. The lowest BCUT2D eigenvalue weighted by Crippen LogP contribution is -2.49. The maximum Gasteiger partial charge on any atom is 0.261 e. The molecule has 1 atom stereocenters. The third-order valence-corrected chi connectivity index (χ3v) is 9.37. The Labute approximate surface area is 221 Å². The number of aromatic nitrogens is 2. The summed E-state index contributed by atoms with van der Waals surface area (Å²) in [6, 6.07) is 10.1. The SMILES string of the molecule is CNC(=O)[C@@](C)(CCn1cnc2cc(-c3ccc(CCN4CCOCC4)cc3F)ccc2c1=O)S(C)(=O)=O. The Morgan fingerprint density at radius 1 is 1.16 bits per heavy atom. The summed E-state index contributed by atoms with van der Waals surface area (Å²) < 4.78 is 44.6. The second-order valence-electron chi connectivity index (χ2n) is 9.83. The quantitative estimate of drug-likeness (QED) is 0.439. The molecule has 1 saturated heterocycles. The van der Waals surface area contributed by atoms with Crippen molar-refractivity contribution in [1.29, 1.82) is 0 Å². The minimum Gasteiger partial charge on any atom is -0.379 e. The molecule has 2 heterocycles. The van der Waals surface area contributed by atoms with Crippen LogP contribution in [0.3, 0.4) is 0 Å². The molecule has 1 aromatic heterocycles. The fourth-order valence-corrected chi connectivity index (χ4v) is 5.51. The Kier molecular flexibility index (Phi) is 8.29. The number of rotatable bonds is 9. The third-order valence-electron chi connectivity index (χ3n) is 7.35. The Balaban J connectivity index is 1.53. The molecule has 1 amide bonds. The third kappa shape index (κ3) is 5.79. The van der Waals surface area contributed by atoms with Crippen molar-refractivity contribution in [1.82, 2.24) is 19.8 Å². The molecule has 4 rings (SSSR count). The van der Waals surface area contributed by atoms with Crippen LogP contribution >= 0.6 is 0 Å². The number of halogens is 1. The van der Waals surface area contributed by atoms with Crippen LogP contribution in [0.15, 0.2) is 47.5 Å². The predicted octanol–water partition coefficient (Wildman–Crippen LogP) is 2.02. The number of sulfone groups is 1. The van der Waals surface area contributed by atoms with E-state index >= 15 is 4.39 Å². The van der Waals surface area contributed by atoms with E-state index in [0.29, 0.717) is 22.0 Å². The molecule has 0 spiro atoms. The van der Waals surface area contributed by atoms with Gasteiger partial charge in [-0.25, -0.2) is 17.8 Å². The highest BCUT2D eigenvalue weighted by Gasteiger charge is 2.42. The Bertz CT molecular complexity index is 1500. The molecule has 9 nitrogen and oxygen atoms in total. The lowest BCUT2D eigenvalue weighted by molar-refractivity contribution is -0.123. The number of amides is 1. The number of benzene rings is 2. The summed E-state index contributed by atoms with van der Waals surface area (Å²) in [6.45, 7) is 5.40. The van der Waals surface area contributed by atoms with Gasteiger partial charge in [-0.1, -0.05) is 18.2 Å². The lowest BCUT2D eigenvalue weighted by atomic mass is 10.0. The van der Waals surface area contributed by atoms with Crippen molar-refractivity contribution in [2.45, 2.75) is 31.1 Å². The first-order chi connectivity index (χ1) is 18.0. The minimum absolute atomic E-state index is 0.0128. The van der Waals surface area contributed by atoms with E-state index in [-0.39, 0.29) is 24.3 Å². The van der Waals surface area contributed by atoms with E-state index in [1.807, 2.05) is 6.07 Å². The second kappa shape index (κ2) is 11.3. The van der Waals surface area contributed by atoms with Crippen LogP contribution in [0.4, 0.5) is 4.39 Å².